The first kappa shape index (κ1) is 13.6. The van der Waals surface area contributed by atoms with Crippen molar-refractivity contribution in [2.75, 3.05) is 26.8 Å². The first-order valence-electron chi connectivity index (χ1n) is 7.23. The number of ether oxygens (including phenoxy) is 2. The van der Waals surface area contributed by atoms with Gasteiger partial charge >= 0.3 is 0 Å². The van der Waals surface area contributed by atoms with Crippen LogP contribution in [0.25, 0.3) is 0 Å². The van der Waals surface area contributed by atoms with Gasteiger partial charge in [0.2, 0.25) is 0 Å². The predicted octanol–water partition coefficient (Wildman–Crippen LogP) is 2.05. The highest BCUT2D eigenvalue weighted by molar-refractivity contribution is 6.02. The molecule has 0 N–H and O–H groups in total. The number of fused-ring (bicyclic) bond motifs is 1. The Hall–Kier alpha value is -1.39. The Labute approximate surface area is 119 Å². The molecule has 1 aromatic rings. The van der Waals surface area contributed by atoms with E-state index in [1.807, 2.05) is 25.1 Å². The van der Waals surface area contributed by atoms with Crippen molar-refractivity contribution in [2.45, 2.75) is 31.9 Å². The van der Waals surface area contributed by atoms with Crippen molar-refractivity contribution in [3.05, 3.63) is 29.3 Å². The molecule has 20 heavy (non-hydrogen) atoms. The molecular formula is C16H21NO3. The molecule has 2 atom stereocenters. The lowest BCUT2D eigenvalue weighted by atomic mass is 10.0. The van der Waals surface area contributed by atoms with E-state index in [-0.39, 0.29) is 11.9 Å². The summed E-state index contributed by atoms with van der Waals surface area (Å²) in [6, 6.07) is 6.21. The number of morpholine rings is 1. The molecule has 4 heteroatoms. The van der Waals surface area contributed by atoms with Crippen LogP contribution in [0, 0.1) is 6.92 Å². The number of rotatable bonds is 3. The van der Waals surface area contributed by atoms with E-state index in [1.165, 1.54) is 12.8 Å². The molecule has 0 spiro atoms. The van der Waals surface area contributed by atoms with Crippen molar-refractivity contribution in [1.82, 2.24) is 4.90 Å². The van der Waals surface area contributed by atoms with Crippen LogP contribution in [-0.2, 0) is 4.74 Å². The van der Waals surface area contributed by atoms with E-state index in [4.69, 9.17) is 9.47 Å². The zero-order valence-electron chi connectivity index (χ0n) is 12.1. The third-order valence-corrected chi connectivity index (χ3v) is 4.30. The lowest BCUT2D eigenvalue weighted by Crippen LogP contribution is -2.49. The Kier molecular flexibility index (Phi) is 3.76. The SMILES string of the molecule is COc1ccc(C)cc1C(=O)C1CN2CCCC2CO1. The highest BCUT2D eigenvalue weighted by Gasteiger charge is 2.36. The number of benzene rings is 1. The maximum Gasteiger partial charge on any atom is 0.196 e. The van der Waals surface area contributed by atoms with Crippen LogP contribution in [0.1, 0.15) is 28.8 Å². The number of methoxy groups -OCH3 is 1. The molecule has 2 fully saturated rings. The van der Waals surface area contributed by atoms with Crippen molar-refractivity contribution in [1.29, 1.82) is 0 Å². The predicted molar refractivity (Wildman–Crippen MR) is 76.4 cm³/mol. The van der Waals surface area contributed by atoms with Crippen LogP contribution < -0.4 is 4.74 Å². The Morgan fingerprint density at radius 3 is 3.10 bits per heavy atom. The van der Waals surface area contributed by atoms with E-state index >= 15 is 0 Å². The van der Waals surface area contributed by atoms with Gasteiger partial charge in [-0.1, -0.05) is 11.6 Å². The summed E-state index contributed by atoms with van der Waals surface area (Å²) in [5.74, 6) is 0.670. The van der Waals surface area contributed by atoms with Crippen LogP contribution in [0.5, 0.6) is 5.75 Å². The van der Waals surface area contributed by atoms with E-state index in [0.717, 1.165) is 12.1 Å². The van der Waals surface area contributed by atoms with Gasteiger partial charge in [0.15, 0.2) is 5.78 Å². The summed E-state index contributed by atoms with van der Waals surface area (Å²) in [6.07, 6.45) is 2.04. The molecule has 0 radical (unpaired) electrons. The molecule has 2 aliphatic heterocycles. The van der Waals surface area contributed by atoms with E-state index in [1.54, 1.807) is 7.11 Å². The van der Waals surface area contributed by atoms with Crippen molar-refractivity contribution in [3.63, 3.8) is 0 Å². The van der Waals surface area contributed by atoms with Gasteiger partial charge in [-0.15, -0.1) is 0 Å². The van der Waals surface area contributed by atoms with Crippen LogP contribution in [0.3, 0.4) is 0 Å². The zero-order chi connectivity index (χ0) is 14.1. The van der Waals surface area contributed by atoms with Crippen molar-refractivity contribution in [3.8, 4) is 5.75 Å². The molecule has 1 aromatic carbocycles. The second-order valence-corrected chi connectivity index (χ2v) is 5.68. The van der Waals surface area contributed by atoms with Gasteiger partial charge in [0.25, 0.3) is 0 Å². The lowest BCUT2D eigenvalue weighted by Gasteiger charge is -2.34. The van der Waals surface area contributed by atoms with E-state index in [9.17, 15) is 4.79 Å². The molecule has 2 aliphatic rings. The lowest BCUT2D eigenvalue weighted by molar-refractivity contribution is -0.0345. The molecule has 0 saturated carbocycles. The Bertz CT molecular complexity index is 514. The van der Waals surface area contributed by atoms with E-state index in [0.29, 0.717) is 30.5 Å². The smallest absolute Gasteiger partial charge is 0.196 e. The fourth-order valence-electron chi connectivity index (χ4n) is 3.16. The summed E-state index contributed by atoms with van der Waals surface area (Å²) >= 11 is 0. The molecule has 0 amide bonds. The number of carbonyl (C=O) groups is 1. The molecular weight excluding hydrogens is 254 g/mol. The Balaban J connectivity index is 1.80. The molecule has 0 aliphatic carbocycles. The highest BCUT2D eigenvalue weighted by atomic mass is 16.5. The fraction of sp³-hybridized carbons (Fsp3) is 0.562. The molecule has 2 heterocycles. The summed E-state index contributed by atoms with van der Waals surface area (Å²) in [5.41, 5.74) is 1.69. The van der Waals surface area contributed by atoms with Gasteiger partial charge in [0, 0.05) is 12.6 Å². The molecule has 0 aromatic heterocycles. The van der Waals surface area contributed by atoms with Gasteiger partial charge in [0.1, 0.15) is 11.9 Å². The first-order valence-corrected chi connectivity index (χ1v) is 7.23. The standard InChI is InChI=1S/C16H21NO3/c1-11-5-6-14(19-2)13(8-11)16(18)15-9-17-7-3-4-12(17)10-20-15/h5-6,8,12,15H,3-4,7,9-10H2,1-2H3. The maximum atomic E-state index is 12.7. The summed E-state index contributed by atoms with van der Waals surface area (Å²) < 4.78 is 11.1. The molecule has 2 unspecified atom stereocenters. The van der Waals surface area contributed by atoms with Gasteiger partial charge in [-0.3, -0.25) is 9.69 Å². The largest absolute Gasteiger partial charge is 0.496 e. The number of hydrogen-bond donors (Lipinski definition) is 0. The number of carbonyl (C=O) groups excluding carboxylic acids is 1. The van der Waals surface area contributed by atoms with Crippen LogP contribution >= 0.6 is 0 Å². The summed E-state index contributed by atoms with van der Waals surface area (Å²) in [6.45, 7) is 4.45. The quantitative estimate of drug-likeness (QED) is 0.791. The fourth-order valence-corrected chi connectivity index (χ4v) is 3.16. The summed E-state index contributed by atoms with van der Waals surface area (Å²) in [4.78, 5) is 15.1. The first-order chi connectivity index (χ1) is 9.69. The van der Waals surface area contributed by atoms with Gasteiger partial charge in [-0.05, 0) is 38.4 Å². The highest BCUT2D eigenvalue weighted by Crippen LogP contribution is 2.27. The average Bonchev–Trinajstić information content (AvgIpc) is 2.93. The number of ketones is 1. The van der Waals surface area contributed by atoms with Crippen molar-refractivity contribution >= 4 is 5.78 Å². The summed E-state index contributed by atoms with van der Waals surface area (Å²) in [7, 11) is 1.60. The topological polar surface area (TPSA) is 38.8 Å². The summed E-state index contributed by atoms with van der Waals surface area (Å²) in [5, 5.41) is 0. The molecule has 3 rings (SSSR count). The third kappa shape index (κ3) is 2.45. The maximum absolute atomic E-state index is 12.7. The van der Waals surface area contributed by atoms with Crippen molar-refractivity contribution < 1.29 is 14.3 Å². The molecule has 4 nitrogen and oxygen atoms in total. The average molecular weight is 275 g/mol. The van der Waals surface area contributed by atoms with Gasteiger partial charge in [0.05, 0.1) is 19.3 Å². The minimum atomic E-state index is -0.361. The number of Topliss-reactive ketones (excluding diaryl/α,β-unsaturated/α-hetero) is 1. The van der Waals surface area contributed by atoms with Gasteiger partial charge < -0.3 is 9.47 Å². The van der Waals surface area contributed by atoms with Gasteiger partial charge in [-0.2, -0.15) is 0 Å². The second-order valence-electron chi connectivity index (χ2n) is 5.68. The second kappa shape index (κ2) is 5.54. The molecule has 108 valence electrons. The zero-order valence-corrected chi connectivity index (χ0v) is 12.1. The number of hydrogen-bond acceptors (Lipinski definition) is 4. The monoisotopic (exact) mass is 275 g/mol. The number of nitrogens with zero attached hydrogens (tertiary/aromatic N) is 1. The Morgan fingerprint density at radius 1 is 1.45 bits per heavy atom. The minimum absolute atomic E-state index is 0.0379. The van der Waals surface area contributed by atoms with Gasteiger partial charge in [-0.25, -0.2) is 0 Å². The van der Waals surface area contributed by atoms with Crippen LogP contribution in [-0.4, -0.2) is 49.6 Å². The van der Waals surface area contributed by atoms with Crippen LogP contribution in [0.15, 0.2) is 18.2 Å². The molecule has 0 bridgehead atoms. The normalized spacial score (nSPS) is 26.3. The van der Waals surface area contributed by atoms with E-state index in [2.05, 4.69) is 4.90 Å². The third-order valence-electron chi connectivity index (χ3n) is 4.30. The van der Waals surface area contributed by atoms with E-state index < -0.39 is 0 Å². The van der Waals surface area contributed by atoms with Crippen molar-refractivity contribution in [2.24, 2.45) is 0 Å². The Morgan fingerprint density at radius 2 is 2.30 bits per heavy atom. The van der Waals surface area contributed by atoms with Crippen LogP contribution in [0.4, 0.5) is 0 Å². The number of aryl methyl sites for hydroxylation is 1. The van der Waals surface area contributed by atoms with Crippen LogP contribution in [0.2, 0.25) is 0 Å². The molecule has 2 saturated heterocycles. The minimum Gasteiger partial charge on any atom is -0.496 e.